The number of amides is 1. The maximum atomic E-state index is 12.3. The number of hydrogen-bond donors (Lipinski definition) is 1. The van der Waals surface area contributed by atoms with Gasteiger partial charge in [-0.05, 0) is 48.1 Å². The highest BCUT2D eigenvalue weighted by molar-refractivity contribution is 5.90. The fourth-order valence-electron chi connectivity index (χ4n) is 3.19. The van der Waals surface area contributed by atoms with Gasteiger partial charge >= 0.3 is 0 Å². The van der Waals surface area contributed by atoms with Crippen LogP contribution in [-0.4, -0.2) is 29.2 Å². The minimum absolute atomic E-state index is 0.0417. The zero-order valence-electron chi connectivity index (χ0n) is 15.1. The van der Waals surface area contributed by atoms with Crippen molar-refractivity contribution in [2.45, 2.75) is 32.6 Å². The maximum Gasteiger partial charge on any atom is 0.224 e. The molecule has 0 spiro atoms. The van der Waals surface area contributed by atoms with Gasteiger partial charge in [0, 0.05) is 25.2 Å². The van der Waals surface area contributed by atoms with Gasteiger partial charge in [0.25, 0.3) is 0 Å². The van der Waals surface area contributed by atoms with Crippen molar-refractivity contribution < 1.29 is 4.79 Å². The molecule has 0 saturated carbocycles. The molecule has 0 radical (unpaired) electrons. The van der Waals surface area contributed by atoms with Gasteiger partial charge < -0.3 is 10.2 Å². The average Bonchev–Trinajstić information content (AvgIpc) is 3.10. The quantitative estimate of drug-likeness (QED) is 0.895. The van der Waals surface area contributed by atoms with E-state index in [9.17, 15) is 4.79 Å². The summed E-state index contributed by atoms with van der Waals surface area (Å²) in [5.41, 5.74) is 2.41. The molecule has 2 aromatic rings. The fraction of sp³-hybridized carbons (Fsp3) is 0.400. The van der Waals surface area contributed by atoms with Gasteiger partial charge in [-0.2, -0.15) is 5.26 Å². The molecule has 1 aromatic carbocycles. The van der Waals surface area contributed by atoms with Crippen molar-refractivity contribution in [3.8, 4) is 6.07 Å². The van der Waals surface area contributed by atoms with Gasteiger partial charge in [0.15, 0.2) is 11.5 Å². The number of nitriles is 1. The first kappa shape index (κ1) is 17.9. The Labute approximate surface area is 153 Å². The molecule has 0 aliphatic carbocycles. The van der Waals surface area contributed by atoms with Crippen LogP contribution in [0.3, 0.4) is 0 Å². The lowest BCUT2D eigenvalue weighted by molar-refractivity contribution is -0.116. The molecule has 1 unspecified atom stereocenters. The molecule has 2 heterocycles. The lowest BCUT2D eigenvalue weighted by atomic mass is 10.0. The van der Waals surface area contributed by atoms with Crippen molar-refractivity contribution in [3.05, 3.63) is 47.7 Å². The molecular formula is C20H23N5O. The first-order valence-corrected chi connectivity index (χ1v) is 8.93. The molecule has 1 aliphatic heterocycles. The molecule has 1 N–H and O–H groups in total. The van der Waals surface area contributed by atoms with Crippen LogP contribution >= 0.6 is 0 Å². The highest BCUT2D eigenvalue weighted by atomic mass is 16.1. The molecule has 26 heavy (non-hydrogen) atoms. The standard InChI is InChI=1S/C20H23N5O/c1-14(2)16-3-5-17(6-4-16)22-20(26)11-15-9-10-25(13-15)19-8-7-18(12-21)23-24-19/h3-8,14-15H,9-11,13H2,1-2H3,(H,22,26). The van der Waals surface area contributed by atoms with Crippen molar-refractivity contribution >= 4 is 17.4 Å². The number of carbonyl (C=O) groups excluding carboxylic acids is 1. The zero-order chi connectivity index (χ0) is 18.5. The number of benzene rings is 1. The van der Waals surface area contributed by atoms with Gasteiger partial charge in [0.05, 0.1) is 0 Å². The smallest absolute Gasteiger partial charge is 0.224 e. The van der Waals surface area contributed by atoms with Gasteiger partial charge in [0.2, 0.25) is 5.91 Å². The molecule has 1 aliphatic rings. The first-order valence-electron chi connectivity index (χ1n) is 8.93. The normalized spacial score (nSPS) is 16.5. The summed E-state index contributed by atoms with van der Waals surface area (Å²) in [5.74, 6) is 1.58. The van der Waals surface area contributed by atoms with Gasteiger partial charge in [0.1, 0.15) is 6.07 Å². The third-order valence-electron chi connectivity index (χ3n) is 4.71. The SMILES string of the molecule is CC(C)c1ccc(NC(=O)CC2CCN(c3ccc(C#N)nn3)C2)cc1. The molecule has 134 valence electrons. The second-order valence-electron chi connectivity index (χ2n) is 7.02. The lowest BCUT2D eigenvalue weighted by Crippen LogP contribution is -2.23. The van der Waals surface area contributed by atoms with Crippen molar-refractivity contribution in [3.63, 3.8) is 0 Å². The van der Waals surface area contributed by atoms with E-state index in [1.54, 1.807) is 6.07 Å². The van der Waals surface area contributed by atoms with E-state index in [0.29, 0.717) is 24.0 Å². The molecule has 1 atom stereocenters. The molecule has 1 saturated heterocycles. The van der Waals surface area contributed by atoms with Gasteiger partial charge in [-0.25, -0.2) is 0 Å². The number of nitrogens with one attached hydrogen (secondary N) is 1. The third kappa shape index (κ3) is 4.37. The lowest BCUT2D eigenvalue weighted by Gasteiger charge is -2.16. The van der Waals surface area contributed by atoms with E-state index in [2.05, 4.69) is 46.4 Å². The third-order valence-corrected chi connectivity index (χ3v) is 4.71. The summed E-state index contributed by atoms with van der Waals surface area (Å²) in [6, 6.07) is 13.5. The average molecular weight is 349 g/mol. The zero-order valence-corrected chi connectivity index (χ0v) is 15.1. The van der Waals surface area contributed by atoms with Crippen LogP contribution < -0.4 is 10.2 Å². The summed E-state index contributed by atoms with van der Waals surface area (Å²) in [6.45, 7) is 5.93. The van der Waals surface area contributed by atoms with E-state index in [1.807, 2.05) is 24.3 Å². The second-order valence-corrected chi connectivity index (χ2v) is 7.02. The Hall–Kier alpha value is -2.94. The molecule has 6 nitrogen and oxygen atoms in total. The first-order chi connectivity index (χ1) is 12.5. The molecule has 3 rings (SSSR count). The van der Waals surface area contributed by atoms with Crippen LogP contribution in [0.15, 0.2) is 36.4 Å². The Morgan fingerprint density at radius 3 is 2.65 bits per heavy atom. The van der Waals surface area contributed by atoms with Gasteiger partial charge in [-0.1, -0.05) is 26.0 Å². The van der Waals surface area contributed by atoms with Gasteiger partial charge in [-0.3, -0.25) is 4.79 Å². The molecule has 1 fully saturated rings. The van der Waals surface area contributed by atoms with Crippen LogP contribution in [0.5, 0.6) is 0 Å². The number of anilines is 2. The highest BCUT2D eigenvalue weighted by Crippen LogP contribution is 2.24. The van der Waals surface area contributed by atoms with Crippen molar-refractivity contribution in [2.75, 3.05) is 23.3 Å². The Kier molecular flexibility index (Phi) is 5.47. The number of carbonyl (C=O) groups is 1. The molecule has 6 heteroatoms. The summed E-state index contributed by atoms with van der Waals surface area (Å²) >= 11 is 0. The highest BCUT2D eigenvalue weighted by Gasteiger charge is 2.25. The number of nitrogens with zero attached hydrogens (tertiary/aromatic N) is 4. The van der Waals surface area contributed by atoms with Gasteiger partial charge in [-0.15, -0.1) is 10.2 Å². The monoisotopic (exact) mass is 349 g/mol. The van der Waals surface area contributed by atoms with Crippen molar-refractivity contribution in [1.82, 2.24) is 10.2 Å². The van der Waals surface area contributed by atoms with Crippen LogP contribution in [0.25, 0.3) is 0 Å². The van der Waals surface area contributed by atoms with Crippen LogP contribution in [0.2, 0.25) is 0 Å². The Bertz CT molecular complexity index is 792. The summed E-state index contributed by atoms with van der Waals surface area (Å²) < 4.78 is 0. The van der Waals surface area contributed by atoms with E-state index in [4.69, 9.17) is 5.26 Å². The van der Waals surface area contributed by atoms with Crippen molar-refractivity contribution in [1.29, 1.82) is 5.26 Å². The van der Waals surface area contributed by atoms with Crippen molar-refractivity contribution in [2.24, 2.45) is 5.92 Å². The van der Waals surface area contributed by atoms with E-state index >= 15 is 0 Å². The minimum atomic E-state index is 0.0417. The van der Waals surface area contributed by atoms with Crippen LogP contribution in [0, 0.1) is 17.2 Å². The van der Waals surface area contributed by atoms with Crippen LogP contribution in [0.4, 0.5) is 11.5 Å². The topological polar surface area (TPSA) is 81.9 Å². The Balaban J connectivity index is 1.51. The van der Waals surface area contributed by atoms with E-state index in [0.717, 1.165) is 31.0 Å². The molecular weight excluding hydrogens is 326 g/mol. The predicted molar refractivity (Wildman–Crippen MR) is 101 cm³/mol. The van der Waals surface area contributed by atoms with E-state index < -0.39 is 0 Å². The summed E-state index contributed by atoms with van der Waals surface area (Å²) in [6.07, 6.45) is 1.44. The fourth-order valence-corrected chi connectivity index (χ4v) is 3.19. The molecule has 1 amide bonds. The minimum Gasteiger partial charge on any atom is -0.355 e. The van der Waals surface area contributed by atoms with Crippen LogP contribution in [0.1, 0.15) is 43.9 Å². The van der Waals surface area contributed by atoms with Crippen LogP contribution in [-0.2, 0) is 4.79 Å². The predicted octanol–water partition coefficient (Wildman–Crippen LogP) is 3.33. The number of rotatable bonds is 5. The summed E-state index contributed by atoms with van der Waals surface area (Å²) in [5, 5.41) is 19.7. The summed E-state index contributed by atoms with van der Waals surface area (Å²) in [4.78, 5) is 14.4. The molecule has 1 aromatic heterocycles. The Morgan fingerprint density at radius 2 is 2.04 bits per heavy atom. The molecule has 0 bridgehead atoms. The number of hydrogen-bond acceptors (Lipinski definition) is 5. The van der Waals surface area contributed by atoms with E-state index in [1.165, 1.54) is 5.56 Å². The maximum absolute atomic E-state index is 12.3. The Morgan fingerprint density at radius 1 is 1.27 bits per heavy atom. The summed E-state index contributed by atoms with van der Waals surface area (Å²) in [7, 11) is 0. The van der Waals surface area contributed by atoms with E-state index in [-0.39, 0.29) is 5.91 Å². The largest absolute Gasteiger partial charge is 0.355 e. The second kappa shape index (κ2) is 7.96. The number of aromatic nitrogens is 2.